The largest absolute Gasteiger partial charge is 0.506 e. The summed E-state index contributed by atoms with van der Waals surface area (Å²) in [5, 5.41) is 17.6. The number of aromatic nitrogens is 3. The van der Waals surface area contributed by atoms with Crippen LogP contribution >= 0.6 is 11.6 Å². The van der Waals surface area contributed by atoms with Crippen LogP contribution in [0.3, 0.4) is 0 Å². The highest BCUT2D eigenvalue weighted by atomic mass is 35.5. The second-order valence-corrected chi connectivity index (χ2v) is 3.29. The van der Waals surface area contributed by atoms with Crippen molar-refractivity contribution in [3.63, 3.8) is 0 Å². The van der Waals surface area contributed by atoms with E-state index in [4.69, 9.17) is 11.6 Å². The molecule has 0 amide bonds. The summed E-state index contributed by atoms with van der Waals surface area (Å²) in [6, 6.07) is 4.93. The molecule has 0 radical (unpaired) electrons. The topological polar surface area (TPSA) is 50.9 Å². The fourth-order valence-corrected chi connectivity index (χ4v) is 1.32. The lowest BCUT2D eigenvalue weighted by Gasteiger charge is -1.98. The summed E-state index contributed by atoms with van der Waals surface area (Å²) in [6.07, 6.45) is 1.64. The van der Waals surface area contributed by atoms with E-state index in [0.717, 1.165) is 11.3 Å². The van der Waals surface area contributed by atoms with E-state index in [1.54, 1.807) is 25.4 Å². The number of hydrogen-bond acceptors (Lipinski definition) is 3. The maximum absolute atomic E-state index is 9.22. The minimum absolute atomic E-state index is 0.0688. The standard InChI is InChI=1S/C9H8ClN3O/c1-13-11-5-8(12-13)6-2-3-9(14)7(10)4-6/h2-5,14H,1H3. The monoisotopic (exact) mass is 209 g/mol. The zero-order valence-electron chi connectivity index (χ0n) is 7.48. The molecule has 4 nitrogen and oxygen atoms in total. The Kier molecular flexibility index (Phi) is 2.13. The Bertz CT molecular complexity index is 467. The summed E-state index contributed by atoms with van der Waals surface area (Å²) in [4.78, 5) is 1.47. The molecule has 0 saturated heterocycles. The Balaban J connectivity index is 2.47. The van der Waals surface area contributed by atoms with Gasteiger partial charge in [0, 0.05) is 12.6 Å². The van der Waals surface area contributed by atoms with Crippen molar-refractivity contribution in [2.45, 2.75) is 0 Å². The fourth-order valence-electron chi connectivity index (χ4n) is 1.14. The fraction of sp³-hybridized carbons (Fsp3) is 0.111. The Morgan fingerprint density at radius 1 is 1.43 bits per heavy atom. The molecule has 2 aromatic rings. The van der Waals surface area contributed by atoms with Crippen LogP contribution in [0.4, 0.5) is 0 Å². The minimum atomic E-state index is 0.0688. The van der Waals surface area contributed by atoms with Crippen LogP contribution in [0, 0.1) is 0 Å². The number of halogens is 1. The van der Waals surface area contributed by atoms with Crippen molar-refractivity contribution < 1.29 is 5.11 Å². The van der Waals surface area contributed by atoms with Crippen LogP contribution in [0.15, 0.2) is 24.4 Å². The van der Waals surface area contributed by atoms with Crippen LogP contribution in [0.25, 0.3) is 11.3 Å². The molecule has 0 aliphatic carbocycles. The molecule has 1 aromatic heterocycles. The van der Waals surface area contributed by atoms with Crippen molar-refractivity contribution in [1.29, 1.82) is 0 Å². The van der Waals surface area contributed by atoms with Crippen molar-refractivity contribution in [1.82, 2.24) is 15.0 Å². The number of phenolic OH excluding ortho intramolecular Hbond substituents is 1. The number of phenols is 1. The maximum atomic E-state index is 9.22. The van der Waals surface area contributed by atoms with E-state index in [1.807, 2.05) is 0 Å². The molecule has 0 saturated carbocycles. The lowest BCUT2D eigenvalue weighted by atomic mass is 10.2. The van der Waals surface area contributed by atoms with Gasteiger partial charge >= 0.3 is 0 Å². The highest BCUT2D eigenvalue weighted by Crippen LogP contribution is 2.27. The van der Waals surface area contributed by atoms with Crippen molar-refractivity contribution in [2.24, 2.45) is 7.05 Å². The first-order valence-corrected chi connectivity index (χ1v) is 4.40. The predicted octanol–water partition coefficient (Wildman–Crippen LogP) is 1.84. The number of benzene rings is 1. The van der Waals surface area contributed by atoms with Crippen LogP contribution < -0.4 is 0 Å². The van der Waals surface area contributed by atoms with Gasteiger partial charge in [-0.3, -0.25) is 0 Å². The molecule has 0 bridgehead atoms. The van der Waals surface area contributed by atoms with Gasteiger partial charge in [-0.1, -0.05) is 11.6 Å². The second-order valence-electron chi connectivity index (χ2n) is 2.89. The van der Waals surface area contributed by atoms with E-state index in [9.17, 15) is 5.11 Å². The average Bonchev–Trinajstić information content (AvgIpc) is 2.57. The van der Waals surface area contributed by atoms with E-state index in [-0.39, 0.29) is 5.75 Å². The Hall–Kier alpha value is -1.55. The zero-order chi connectivity index (χ0) is 10.1. The Morgan fingerprint density at radius 2 is 2.21 bits per heavy atom. The average molecular weight is 210 g/mol. The Morgan fingerprint density at radius 3 is 2.79 bits per heavy atom. The molecule has 14 heavy (non-hydrogen) atoms. The van der Waals surface area contributed by atoms with E-state index in [0.29, 0.717) is 5.02 Å². The predicted molar refractivity (Wildman–Crippen MR) is 53.1 cm³/mol. The molecule has 0 spiro atoms. The third-order valence-electron chi connectivity index (χ3n) is 1.84. The highest BCUT2D eigenvalue weighted by Gasteiger charge is 2.04. The normalized spacial score (nSPS) is 10.4. The van der Waals surface area contributed by atoms with Crippen molar-refractivity contribution in [3.05, 3.63) is 29.4 Å². The lowest BCUT2D eigenvalue weighted by Crippen LogP contribution is -1.91. The van der Waals surface area contributed by atoms with Crippen molar-refractivity contribution in [2.75, 3.05) is 0 Å². The van der Waals surface area contributed by atoms with Gasteiger partial charge in [0.25, 0.3) is 0 Å². The number of rotatable bonds is 1. The summed E-state index contributed by atoms with van der Waals surface area (Å²) < 4.78 is 0. The molecule has 0 atom stereocenters. The number of hydrogen-bond donors (Lipinski definition) is 1. The minimum Gasteiger partial charge on any atom is -0.506 e. The van der Waals surface area contributed by atoms with Crippen LogP contribution in [-0.4, -0.2) is 20.1 Å². The van der Waals surface area contributed by atoms with E-state index < -0.39 is 0 Å². The SMILES string of the molecule is Cn1ncc(-c2ccc(O)c(Cl)c2)n1. The zero-order valence-corrected chi connectivity index (χ0v) is 8.23. The molecule has 1 heterocycles. The molecular weight excluding hydrogens is 202 g/mol. The molecule has 1 N–H and O–H groups in total. The smallest absolute Gasteiger partial charge is 0.134 e. The molecule has 0 unspecified atom stereocenters. The van der Waals surface area contributed by atoms with Crippen molar-refractivity contribution >= 4 is 11.6 Å². The molecule has 5 heteroatoms. The molecule has 0 fully saturated rings. The maximum Gasteiger partial charge on any atom is 0.134 e. The Labute approximate surface area is 85.7 Å². The van der Waals surface area contributed by atoms with Crippen LogP contribution in [0.1, 0.15) is 0 Å². The lowest BCUT2D eigenvalue weighted by molar-refractivity contribution is 0.475. The molecular formula is C9H8ClN3O. The van der Waals surface area contributed by atoms with Gasteiger partial charge in [0.15, 0.2) is 0 Å². The van der Waals surface area contributed by atoms with Crippen LogP contribution in [0.5, 0.6) is 5.75 Å². The first kappa shape index (κ1) is 9.02. The first-order valence-electron chi connectivity index (χ1n) is 4.02. The van der Waals surface area contributed by atoms with Gasteiger partial charge in [-0.25, -0.2) is 0 Å². The molecule has 2 rings (SSSR count). The summed E-state index contributed by atoms with van der Waals surface area (Å²) in [5.41, 5.74) is 1.57. The first-order chi connectivity index (χ1) is 6.66. The van der Waals surface area contributed by atoms with E-state index >= 15 is 0 Å². The van der Waals surface area contributed by atoms with Gasteiger partial charge in [-0.15, -0.1) is 0 Å². The number of aromatic hydroxyl groups is 1. The van der Waals surface area contributed by atoms with Crippen LogP contribution in [0.2, 0.25) is 5.02 Å². The van der Waals surface area contributed by atoms with E-state index in [1.165, 1.54) is 10.9 Å². The third kappa shape index (κ3) is 1.56. The quantitative estimate of drug-likeness (QED) is 0.780. The summed E-state index contributed by atoms with van der Waals surface area (Å²) >= 11 is 5.77. The number of aryl methyl sites for hydroxylation is 1. The van der Waals surface area contributed by atoms with Gasteiger partial charge in [0.1, 0.15) is 11.4 Å². The number of nitrogens with zero attached hydrogens (tertiary/aromatic N) is 3. The third-order valence-corrected chi connectivity index (χ3v) is 2.15. The summed E-state index contributed by atoms with van der Waals surface area (Å²) in [7, 11) is 1.74. The molecule has 72 valence electrons. The van der Waals surface area contributed by atoms with Crippen LogP contribution in [-0.2, 0) is 7.05 Å². The molecule has 1 aromatic carbocycles. The van der Waals surface area contributed by atoms with Gasteiger partial charge < -0.3 is 5.11 Å². The van der Waals surface area contributed by atoms with Gasteiger partial charge in [-0.2, -0.15) is 15.0 Å². The highest BCUT2D eigenvalue weighted by molar-refractivity contribution is 6.32. The van der Waals surface area contributed by atoms with Gasteiger partial charge in [-0.05, 0) is 18.2 Å². The van der Waals surface area contributed by atoms with Crippen molar-refractivity contribution in [3.8, 4) is 17.0 Å². The molecule has 0 aliphatic rings. The summed E-state index contributed by atoms with van der Waals surface area (Å²) in [5.74, 6) is 0.0688. The van der Waals surface area contributed by atoms with Gasteiger partial charge in [0.2, 0.25) is 0 Å². The van der Waals surface area contributed by atoms with Gasteiger partial charge in [0.05, 0.1) is 11.2 Å². The summed E-state index contributed by atoms with van der Waals surface area (Å²) in [6.45, 7) is 0. The second kappa shape index (κ2) is 3.31. The van der Waals surface area contributed by atoms with E-state index in [2.05, 4.69) is 10.2 Å². The molecule has 0 aliphatic heterocycles.